The Labute approximate surface area is 136 Å². The van der Waals surface area contributed by atoms with Crippen LogP contribution in [0.1, 0.15) is 29.5 Å². The molecule has 4 heteroatoms. The van der Waals surface area contributed by atoms with Crippen LogP contribution < -0.4 is 11.1 Å². The van der Waals surface area contributed by atoms with Crippen LogP contribution in [0.5, 0.6) is 0 Å². The number of benzene rings is 2. The van der Waals surface area contributed by atoms with Crippen LogP contribution in [-0.2, 0) is 5.41 Å². The maximum atomic E-state index is 13.4. The lowest BCUT2D eigenvalue weighted by Gasteiger charge is -2.14. The van der Waals surface area contributed by atoms with Crippen molar-refractivity contribution >= 4 is 11.6 Å². The molecular weight excluding hydrogens is 289 g/mol. The summed E-state index contributed by atoms with van der Waals surface area (Å²) in [5, 5.41) is 3.13. The molecule has 3 N–H and O–H groups in total. The highest BCUT2D eigenvalue weighted by atomic mass is 19.1. The third kappa shape index (κ3) is 3.52. The van der Waals surface area contributed by atoms with Crippen LogP contribution in [-0.4, -0.2) is 12.5 Å². The molecule has 1 fully saturated rings. The van der Waals surface area contributed by atoms with Crippen LogP contribution in [0.25, 0.3) is 0 Å². The summed E-state index contributed by atoms with van der Waals surface area (Å²) in [6.07, 6.45) is 2.05. The Morgan fingerprint density at radius 1 is 1.17 bits per heavy atom. The first-order valence-electron chi connectivity index (χ1n) is 7.89. The monoisotopic (exact) mass is 311 g/mol. The van der Waals surface area contributed by atoms with Crippen molar-refractivity contribution in [3.63, 3.8) is 0 Å². The van der Waals surface area contributed by atoms with Gasteiger partial charge in [0, 0.05) is 11.1 Å². The van der Waals surface area contributed by atoms with E-state index in [1.165, 1.54) is 17.2 Å². The fourth-order valence-corrected chi connectivity index (χ4v) is 2.75. The van der Waals surface area contributed by atoms with Gasteiger partial charge in [0.1, 0.15) is 5.82 Å². The van der Waals surface area contributed by atoms with Gasteiger partial charge >= 0.3 is 0 Å². The molecule has 0 heterocycles. The van der Waals surface area contributed by atoms with E-state index in [1.54, 1.807) is 12.1 Å². The summed E-state index contributed by atoms with van der Waals surface area (Å²) in [5.74, 6) is 0.204. The van der Waals surface area contributed by atoms with Crippen LogP contribution in [0.4, 0.5) is 10.1 Å². The van der Waals surface area contributed by atoms with Gasteiger partial charge in [-0.15, -0.1) is 0 Å². The summed E-state index contributed by atoms with van der Waals surface area (Å²) in [7, 11) is 0. The molecule has 1 saturated carbocycles. The normalized spacial score (nSPS) is 16.2. The summed E-state index contributed by atoms with van der Waals surface area (Å²) in [6.45, 7) is 4.73. The number of nitrogens with zero attached hydrogens (tertiary/aromatic N) is 1. The van der Waals surface area contributed by atoms with Gasteiger partial charge in [-0.2, -0.15) is 0 Å². The molecular formula is C19H22FN3. The molecule has 1 aliphatic carbocycles. The topological polar surface area (TPSA) is 50.4 Å². The average molecular weight is 311 g/mol. The minimum absolute atomic E-state index is 0.0441. The van der Waals surface area contributed by atoms with Crippen LogP contribution >= 0.6 is 0 Å². The number of aliphatic imine (C=N–C) groups is 1. The molecule has 23 heavy (non-hydrogen) atoms. The smallest absolute Gasteiger partial charge is 0.193 e. The number of anilines is 1. The quantitative estimate of drug-likeness (QED) is 0.664. The molecule has 0 aromatic heterocycles. The third-order valence-corrected chi connectivity index (χ3v) is 4.62. The summed E-state index contributed by atoms with van der Waals surface area (Å²) < 4.78 is 13.4. The highest BCUT2D eigenvalue weighted by Gasteiger charge is 2.44. The van der Waals surface area contributed by atoms with Crippen molar-refractivity contribution in [1.29, 1.82) is 0 Å². The van der Waals surface area contributed by atoms with Gasteiger partial charge in [0.05, 0.1) is 6.54 Å². The molecule has 0 spiro atoms. The molecule has 0 aliphatic heterocycles. The predicted octanol–water partition coefficient (Wildman–Crippen LogP) is 3.90. The van der Waals surface area contributed by atoms with Crippen LogP contribution in [0, 0.1) is 19.7 Å². The first-order chi connectivity index (χ1) is 11.0. The molecule has 1 aliphatic rings. The van der Waals surface area contributed by atoms with Gasteiger partial charge in [0.2, 0.25) is 0 Å². The Balaban J connectivity index is 1.68. The Kier molecular flexibility index (Phi) is 4.07. The standard InChI is InChI=1S/C19H22FN3/c1-13-6-7-17(10-14(13)2)23-18(21)22-12-19(8-9-19)15-4-3-5-16(20)11-15/h3-7,10-11H,8-9,12H2,1-2H3,(H3,21,22,23). The minimum Gasteiger partial charge on any atom is -0.370 e. The highest BCUT2D eigenvalue weighted by molar-refractivity contribution is 5.92. The van der Waals surface area contributed by atoms with Crippen molar-refractivity contribution in [2.45, 2.75) is 32.1 Å². The summed E-state index contributed by atoms with van der Waals surface area (Å²) in [5.41, 5.74) is 10.4. The van der Waals surface area contributed by atoms with Crippen LogP contribution in [0.2, 0.25) is 0 Å². The Bertz CT molecular complexity index is 748. The molecule has 120 valence electrons. The zero-order valence-corrected chi connectivity index (χ0v) is 13.6. The van der Waals surface area contributed by atoms with Gasteiger partial charge in [0.25, 0.3) is 0 Å². The van der Waals surface area contributed by atoms with Crippen LogP contribution in [0.15, 0.2) is 47.5 Å². The summed E-state index contributed by atoms with van der Waals surface area (Å²) in [4.78, 5) is 4.47. The number of hydrogen-bond acceptors (Lipinski definition) is 1. The maximum Gasteiger partial charge on any atom is 0.193 e. The molecule has 3 nitrogen and oxygen atoms in total. The number of nitrogens with one attached hydrogen (secondary N) is 1. The second-order valence-electron chi connectivity index (χ2n) is 6.42. The van der Waals surface area contributed by atoms with Crippen LogP contribution in [0.3, 0.4) is 0 Å². The van der Waals surface area contributed by atoms with Crippen molar-refractivity contribution in [3.05, 3.63) is 65.0 Å². The molecule has 0 atom stereocenters. The number of hydrogen-bond donors (Lipinski definition) is 2. The molecule has 0 amide bonds. The van der Waals surface area contributed by atoms with Gasteiger partial charge in [-0.3, -0.25) is 4.99 Å². The third-order valence-electron chi connectivity index (χ3n) is 4.62. The first kappa shape index (κ1) is 15.5. The van der Waals surface area contributed by atoms with Gasteiger partial charge in [0.15, 0.2) is 5.96 Å². The SMILES string of the molecule is Cc1ccc(NC(N)=NCC2(c3cccc(F)c3)CC2)cc1C. The van der Waals surface area contributed by atoms with E-state index in [9.17, 15) is 4.39 Å². The van der Waals surface area contributed by atoms with Crippen molar-refractivity contribution in [1.82, 2.24) is 0 Å². The fourth-order valence-electron chi connectivity index (χ4n) is 2.75. The minimum atomic E-state index is -0.195. The van der Waals surface area contributed by atoms with E-state index < -0.39 is 0 Å². The maximum absolute atomic E-state index is 13.4. The van der Waals surface area contributed by atoms with E-state index in [1.807, 2.05) is 12.1 Å². The second kappa shape index (κ2) is 6.03. The van der Waals surface area contributed by atoms with Gasteiger partial charge < -0.3 is 11.1 Å². The fraction of sp³-hybridized carbons (Fsp3) is 0.316. The lowest BCUT2D eigenvalue weighted by molar-refractivity contribution is 0.616. The lowest BCUT2D eigenvalue weighted by Crippen LogP contribution is -2.25. The largest absolute Gasteiger partial charge is 0.370 e. The second-order valence-corrected chi connectivity index (χ2v) is 6.42. The zero-order valence-electron chi connectivity index (χ0n) is 13.6. The molecule has 3 rings (SSSR count). The lowest BCUT2D eigenvalue weighted by atomic mass is 9.96. The van der Waals surface area contributed by atoms with Gasteiger partial charge in [-0.25, -0.2) is 4.39 Å². The van der Waals surface area contributed by atoms with Crippen molar-refractivity contribution < 1.29 is 4.39 Å². The zero-order chi connectivity index (χ0) is 16.4. The Hall–Kier alpha value is -2.36. The number of nitrogens with two attached hydrogens (primary N) is 1. The number of halogens is 1. The molecule has 2 aromatic rings. The number of rotatable bonds is 4. The van der Waals surface area contributed by atoms with Crippen molar-refractivity contribution in [2.24, 2.45) is 10.7 Å². The summed E-state index contributed by atoms with van der Waals surface area (Å²) >= 11 is 0. The Morgan fingerprint density at radius 3 is 2.61 bits per heavy atom. The van der Waals surface area contributed by atoms with E-state index >= 15 is 0 Å². The first-order valence-corrected chi connectivity index (χ1v) is 7.89. The van der Waals surface area contributed by atoms with E-state index in [2.05, 4.69) is 36.3 Å². The van der Waals surface area contributed by atoms with Crippen molar-refractivity contribution in [3.8, 4) is 0 Å². The van der Waals surface area contributed by atoms with E-state index in [-0.39, 0.29) is 11.2 Å². The molecule has 0 unspecified atom stereocenters. The van der Waals surface area contributed by atoms with E-state index in [0.717, 1.165) is 24.1 Å². The van der Waals surface area contributed by atoms with E-state index in [0.29, 0.717) is 12.5 Å². The number of guanidine groups is 1. The van der Waals surface area contributed by atoms with Gasteiger partial charge in [-0.1, -0.05) is 18.2 Å². The van der Waals surface area contributed by atoms with Crippen molar-refractivity contribution in [2.75, 3.05) is 11.9 Å². The number of aryl methyl sites for hydroxylation is 2. The molecule has 0 saturated heterocycles. The average Bonchev–Trinajstić information content (AvgIpc) is 3.30. The van der Waals surface area contributed by atoms with E-state index in [4.69, 9.17) is 5.73 Å². The van der Waals surface area contributed by atoms with Gasteiger partial charge in [-0.05, 0) is 67.6 Å². The molecule has 2 aromatic carbocycles. The molecule has 0 radical (unpaired) electrons. The molecule has 0 bridgehead atoms. The predicted molar refractivity (Wildman–Crippen MR) is 93.3 cm³/mol. The summed E-state index contributed by atoms with van der Waals surface area (Å²) in [6, 6.07) is 12.9. The highest BCUT2D eigenvalue weighted by Crippen LogP contribution is 2.48. The Morgan fingerprint density at radius 2 is 1.96 bits per heavy atom.